The lowest BCUT2D eigenvalue weighted by Crippen LogP contribution is -2.12. The van der Waals surface area contributed by atoms with Gasteiger partial charge in [0.25, 0.3) is 5.69 Å². The van der Waals surface area contributed by atoms with Gasteiger partial charge in [-0.25, -0.2) is 0 Å². The first-order valence-corrected chi connectivity index (χ1v) is 6.60. The number of anilines is 1. The minimum absolute atomic E-state index is 0.0324. The molecule has 0 unspecified atom stereocenters. The van der Waals surface area contributed by atoms with Crippen molar-refractivity contribution in [2.24, 2.45) is 5.84 Å². The predicted octanol–water partition coefficient (Wildman–Crippen LogP) is 3.77. The summed E-state index contributed by atoms with van der Waals surface area (Å²) in [5.74, 6) is 5.67. The highest BCUT2D eigenvalue weighted by Crippen LogP contribution is 2.34. The highest BCUT2D eigenvalue weighted by molar-refractivity contribution is 6.37. The lowest BCUT2D eigenvalue weighted by atomic mass is 10.1. The number of nitro benzene ring substituents is 1. The number of rotatable bonds is 5. The van der Waals surface area contributed by atoms with Gasteiger partial charge in [-0.2, -0.15) is 0 Å². The molecule has 2 aromatic carbocycles. The average Bonchev–Trinajstić information content (AvgIpc) is 2.46. The van der Waals surface area contributed by atoms with Crippen LogP contribution in [-0.2, 0) is 6.61 Å². The second-order valence-corrected chi connectivity index (χ2v) is 4.87. The first kappa shape index (κ1) is 15.4. The fourth-order valence-electron chi connectivity index (χ4n) is 1.80. The number of nitrogens with one attached hydrogen (secondary N) is 1. The van der Waals surface area contributed by atoms with Crippen LogP contribution in [0.3, 0.4) is 0 Å². The van der Waals surface area contributed by atoms with Crippen molar-refractivity contribution in [3.63, 3.8) is 0 Å². The summed E-state index contributed by atoms with van der Waals surface area (Å²) < 4.78 is 5.55. The monoisotopic (exact) mass is 327 g/mol. The maximum absolute atomic E-state index is 10.9. The van der Waals surface area contributed by atoms with E-state index in [0.29, 0.717) is 21.4 Å². The number of hydrazine groups is 1. The minimum Gasteiger partial charge on any atom is -0.486 e. The highest BCUT2D eigenvalue weighted by Gasteiger charge is 2.17. The van der Waals surface area contributed by atoms with Crippen LogP contribution >= 0.6 is 23.2 Å². The molecule has 2 rings (SSSR count). The first-order valence-electron chi connectivity index (χ1n) is 5.84. The normalized spacial score (nSPS) is 10.2. The third-order valence-electron chi connectivity index (χ3n) is 2.76. The van der Waals surface area contributed by atoms with Crippen molar-refractivity contribution in [1.82, 2.24) is 0 Å². The van der Waals surface area contributed by atoms with Crippen LogP contribution in [0.25, 0.3) is 0 Å². The van der Waals surface area contributed by atoms with Gasteiger partial charge in [-0.05, 0) is 12.1 Å². The van der Waals surface area contributed by atoms with E-state index in [0.717, 1.165) is 0 Å². The van der Waals surface area contributed by atoms with Gasteiger partial charge in [-0.3, -0.25) is 16.0 Å². The molecular formula is C13H11Cl2N3O3. The Bertz CT molecular complexity index is 659. The Morgan fingerprint density at radius 2 is 1.81 bits per heavy atom. The zero-order valence-electron chi connectivity index (χ0n) is 10.7. The molecule has 21 heavy (non-hydrogen) atoms. The average molecular weight is 328 g/mol. The number of nitrogens with two attached hydrogens (primary N) is 1. The van der Waals surface area contributed by atoms with E-state index in [1.165, 1.54) is 6.07 Å². The molecule has 0 aliphatic rings. The summed E-state index contributed by atoms with van der Waals surface area (Å²) in [5.41, 5.74) is 2.89. The standard InChI is InChI=1S/C13H11Cl2N3O3/c14-9-4-2-5-10(15)13(9)21-7-8-3-1-6-11(18(19)20)12(8)17-16/h1-6,17H,7,16H2. The molecule has 0 spiro atoms. The molecule has 0 saturated carbocycles. The van der Waals surface area contributed by atoms with Crippen molar-refractivity contribution < 1.29 is 9.66 Å². The molecule has 0 fully saturated rings. The van der Waals surface area contributed by atoms with Gasteiger partial charge in [0.05, 0.1) is 15.0 Å². The summed E-state index contributed by atoms with van der Waals surface area (Å²) in [7, 11) is 0. The predicted molar refractivity (Wildman–Crippen MR) is 81.7 cm³/mol. The second-order valence-electron chi connectivity index (χ2n) is 4.05. The van der Waals surface area contributed by atoms with Gasteiger partial charge >= 0.3 is 0 Å². The Labute approximate surface area is 130 Å². The Morgan fingerprint density at radius 1 is 1.19 bits per heavy atom. The number of nitrogen functional groups attached to an aromatic ring is 1. The van der Waals surface area contributed by atoms with Crippen LogP contribution in [0.5, 0.6) is 5.75 Å². The summed E-state index contributed by atoms with van der Waals surface area (Å²) in [6, 6.07) is 9.52. The van der Waals surface area contributed by atoms with Gasteiger partial charge in [0.2, 0.25) is 0 Å². The van der Waals surface area contributed by atoms with Gasteiger partial charge in [0, 0.05) is 11.6 Å². The lowest BCUT2D eigenvalue weighted by Gasteiger charge is -2.12. The molecule has 0 bridgehead atoms. The molecule has 0 saturated heterocycles. The van der Waals surface area contributed by atoms with Crippen molar-refractivity contribution >= 4 is 34.6 Å². The van der Waals surface area contributed by atoms with Crippen molar-refractivity contribution in [2.45, 2.75) is 6.61 Å². The van der Waals surface area contributed by atoms with E-state index in [-0.39, 0.29) is 18.0 Å². The number of ether oxygens (including phenoxy) is 1. The number of para-hydroxylation sites is 2. The number of hydrogen-bond acceptors (Lipinski definition) is 5. The van der Waals surface area contributed by atoms with E-state index in [1.807, 2.05) is 0 Å². The Morgan fingerprint density at radius 3 is 2.38 bits per heavy atom. The quantitative estimate of drug-likeness (QED) is 0.495. The molecule has 8 heteroatoms. The fourth-order valence-corrected chi connectivity index (χ4v) is 2.30. The Hall–Kier alpha value is -2.02. The van der Waals surface area contributed by atoms with E-state index in [2.05, 4.69) is 5.43 Å². The topological polar surface area (TPSA) is 90.4 Å². The van der Waals surface area contributed by atoms with Gasteiger partial charge in [0.15, 0.2) is 5.75 Å². The smallest absolute Gasteiger partial charge is 0.294 e. The molecule has 110 valence electrons. The third-order valence-corrected chi connectivity index (χ3v) is 3.36. The number of hydrogen-bond donors (Lipinski definition) is 2. The second kappa shape index (κ2) is 6.62. The molecule has 0 radical (unpaired) electrons. The summed E-state index contributed by atoms with van der Waals surface area (Å²) >= 11 is 12.0. The summed E-state index contributed by atoms with van der Waals surface area (Å²) in [6.45, 7) is 0.0324. The van der Waals surface area contributed by atoms with Gasteiger partial charge in [-0.15, -0.1) is 0 Å². The molecule has 0 atom stereocenters. The zero-order chi connectivity index (χ0) is 15.4. The highest BCUT2D eigenvalue weighted by atomic mass is 35.5. The zero-order valence-corrected chi connectivity index (χ0v) is 12.2. The summed E-state index contributed by atoms with van der Waals surface area (Å²) in [6.07, 6.45) is 0. The maximum Gasteiger partial charge on any atom is 0.294 e. The van der Waals surface area contributed by atoms with Crippen molar-refractivity contribution in [3.8, 4) is 5.75 Å². The van der Waals surface area contributed by atoms with E-state index < -0.39 is 4.92 Å². The molecule has 0 aliphatic carbocycles. The molecule has 0 aliphatic heterocycles. The van der Waals surface area contributed by atoms with Crippen LogP contribution in [0.15, 0.2) is 36.4 Å². The molecule has 3 N–H and O–H groups in total. The van der Waals surface area contributed by atoms with Crippen molar-refractivity contribution in [3.05, 3.63) is 62.1 Å². The first-order chi connectivity index (χ1) is 10.0. The van der Waals surface area contributed by atoms with Gasteiger partial charge in [0.1, 0.15) is 12.3 Å². The third kappa shape index (κ3) is 3.36. The van der Waals surface area contributed by atoms with Crippen LogP contribution in [0, 0.1) is 10.1 Å². The van der Waals surface area contributed by atoms with Crippen LogP contribution in [0.4, 0.5) is 11.4 Å². The van der Waals surface area contributed by atoms with Gasteiger partial charge in [-0.1, -0.05) is 41.4 Å². The van der Waals surface area contributed by atoms with E-state index in [1.54, 1.807) is 30.3 Å². The summed E-state index contributed by atoms with van der Waals surface area (Å²) in [4.78, 5) is 10.4. The van der Waals surface area contributed by atoms with Crippen LogP contribution in [0.2, 0.25) is 10.0 Å². The van der Waals surface area contributed by atoms with Crippen LogP contribution in [-0.4, -0.2) is 4.92 Å². The number of benzene rings is 2. The molecular weight excluding hydrogens is 317 g/mol. The van der Waals surface area contributed by atoms with E-state index in [9.17, 15) is 10.1 Å². The van der Waals surface area contributed by atoms with Crippen LogP contribution < -0.4 is 16.0 Å². The molecule has 0 aromatic heterocycles. The van der Waals surface area contributed by atoms with Crippen molar-refractivity contribution in [1.29, 1.82) is 0 Å². The number of nitro groups is 1. The van der Waals surface area contributed by atoms with E-state index >= 15 is 0 Å². The van der Waals surface area contributed by atoms with E-state index in [4.69, 9.17) is 33.8 Å². The van der Waals surface area contributed by atoms with Crippen LogP contribution in [0.1, 0.15) is 5.56 Å². The molecule has 2 aromatic rings. The summed E-state index contributed by atoms with van der Waals surface area (Å²) in [5, 5.41) is 11.7. The Kier molecular flexibility index (Phi) is 4.85. The lowest BCUT2D eigenvalue weighted by molar-refractivity contribution is -0.384. The Balaban J connectivity index is 2.28. The number of halogens is 2. The van der Waals surface area contributed by atoms with Crippen molar-refractivity contribution in [2.75, 3.05) is 5.43 Å². The SMILES string of the molecule is NNc1c(COc2c(Cl)cccc2Cl)cccc1[N+](=O)[O-]. The fraction of sp³-hybridized carbons (Fsp3) is 0.0769. The maximum atomic E-state index is 10.9. The molecule has 6 nitrogen and oxygen atoms in total. The molecule has 0 heterocycles. The minimum atomic E-state index is -0.527. The van der Waals surface area contributed by atoms with Gasteiger partial charge < -0.3 is 10.2 Å². The number of nitrogens with zero attached hydrogens (tertiary/aromatic N) is 1. The largest absolute Gasteiger partial charge is 0.486 e. The molecule has 0 amide bonds.